The van der Waals surface area contributed by atoms with Crippen molar-refractivity contribution in [2.75, 3.05) is 20.8 Å². The van der Waals surface area contributed by atoms with Crippen LogP contribution in [0.4, 0.5) is 5.69 Å². The second-order valence-corrected chi connectivity index (χ2v) is 8.87. The van der Waals surface area contributed by atoms with E-state index in [9.17, 15) is 19.7 Å². The Morgan fingerprint density at radius 2 is 1.70 bits per heavy atom. The molecule has 3 rings (SSSR count). The number of nitrogens with one attached hydrogen (secondary N) is 1. The van der Waals surface area contributed by atoms with E-state index in [0.717, 1.165) is 4.47 Å². The van der Waals surface area contributed by atoms with E-state index < -0.39 is 16.8 Å². The van der Waals surface area contributed by atoms with Crippen molar-refractivity contribution in [3.05, 3.63) is 84.8 Å². The van der Waals surface area contributed by atoms with Gasteiger partial charge in [0.15, 0.2) is 29.6 Å². The number of hydrazone groups is 1. The largest absolute Gasteiger partial charge is 0.493 e. The van der Waals surface area contributed by atoms with Crippen LogP contribution in [0, 0.1) is 10.1 Å². The topological polar surface area (TPSA) is 139 Å². The van der Waals surface area contributed by atoms with Crippen LogP contribution in [0.5, 0.6) is 23.0 Å². The molecule has 0 saturated carbocycles. The standard InChI is InChI=1S/C24H19Br2N3O8/c1-34-20-9-14(3-8-19(20)37-24(31)15-4-6-17(7-5-15)29(32)33)12-27-28-22(30)13-36-23-18(26)10-16(25)11-21(23)35-2/h3-12H,13H2,1-2H3,(H,28,30)/b27-12-. The molecule has 0 heterocycles. The predicted molar refractivity (Wildman–Crippen MR) is 141 cm³/mol. The van der Waals surface area contributed by atoms with Gasteiger partial charge in [-0.15, -0.1) is 0 Å². The molecule has 37 heavy (non-hydrogen) atoms. The maximum atomic E-state index is 12.4. The van der Waals surface area contributed by atoms with Crippen LogP contribution in [0.2, 0.25) is 0 Å². The smallest absolute Gasteiger partial charge is 0.343 e. The molecule has 11 nitrogen and oxygen atoms in total. The maximum absolute atomic E-state index is 12.4. The fourth-order valence-electron chi connectivity index (χ4n) is 2.90. The predicted octanol–water partition coefficient (Wildman–Crippen LogP) is 4.89. The minimum absolute atomic E-state index is 0.134. The molecule has 0 radical (unpaired) electrons. The van der Waals surface area contributed by atoms with Crippen molar-refractivity contribution in [2.24, 2.45) is 5.10 Å². The fourth-order valence-corrected chi connectivity index (χ4v) is 4.20. The first-order valence-corrected chi connectivity index (χ1v) is 11.9. The fraction of sp³-hybridized carbons (Fsp3) is 0.125. The van der Waals surface area contributed by atoms with Crippen LogP contribution < -0.4 is 24.4 Å². The van der Waals surface area contributed by atoms with Crippen LogP contribution in [0.1, 0.15) is 15.9 Å². The number of halogens is 2. The molecule has 3 aromatic carbocycles. The van der Waals surface area contributed by atoms with Crippen molar-refractivity contribution < 1.29 is 33.5 Å². The minimum Gasteiger partial charge on any atom is -0.493 e. The number of hydrogen-bond donors (Lipinski definition) is 1. The van der Waals surface area contributed by atoms with Crippen molar-refractivity contribution in [1.82, 2.24) is 5.43 Å². The zero-order valence-corrected chi connectivity index (χ0v) is 22.6. The van der Waals surface area contributed by atoms with Crippen LogP contribution in [-0.4, -0.2) is 43.8 Å². The Balaban J connectivity index is 1.59. The highest BCUT2D eigenvalue weighted by Crippen LogP contribution is 2.38. The molecule has 0 spiro atoms. The lowest BCUT2D eigenvalue weighted by Gasteiger charge is -2.12. The normalized spacial score (nSPS) is 10.6. The van der Waals surface area contributed by atoms with Crippen LogP contribution >= 0.6 is 31.9 Å². The molecule has 0 saturated heterocycles. The summed E-state index contributed by atoms with van der Waals surface area (Å²) in [6, 6.07) is 13.1. The van der Waals surface area contributed by atoms with E-state index in [1.54, 1.807) is 24.3 Å². The summed E-state index contributed by atoms with van der Waals surface area (Å²) in [7, 11) is 2.88. The Hall–Kier alpha value is -3.97. The minimum atomic E-state index is -0.712. The number of nitro benzene ring substituents is 1. The summed E-state index contributed by atoms with van der Waals surface area (Å²) in [6.45, 7) is -0.311. The lowest BCUT2D eigenvalue weighted by molar-refractivity contribution is -0.384. The molecule has 3 aromatic rings. The third kappa shape index (κ3) is 7.51. The number of nitrogens with zero attached hydrogens (tertiary/aromatic N) is 2. The molecule has 0 aromatic heterocycles. The van der Waals surface area contributed by atoms with Crippen LogP contribution in [0.3, 0.4) is 0 Å². The van der Waals surface area contributed by atoms with Crippen LogP contribution in [-0.2, 0) is 4.79 Å². The Kier molecular flexibility index (Phi) is 9.57. The number of rotatable bonds is 10. The first kappa shape index (κ1) is 27.6. The van der Waals surface area contributed by atoms with Gasteiger partial charge in [0.25, 0.3) is 11.6 Å². The summed E-state index contributed by atoms with van der Waals surface area (Å²) < 4.78 is 22.8. The van der Waals surface area contributed by atoms with Gasteiger partial charge in [0.1, 0.15) is 0 Å². The third-order valence-electron chi connectivity index (χ3n) is 4.65. The highest BCUT2D eigenvalue weighted by molar-refractivity contribution is 9.11. The van der Waals surface area contributed by atoms with E-state index in [4.69, 9.17) is 18.9 Å². The highest BCUT2D eigenvalue weighted by Gasteiger charge is 2.15. The number of carbonyl (C=O) groups excluding carboxylic acids is 2. The van der Waals surface area contributed by atoms with E-state index in [1.807, 2.05) is 0 Å². The number of ether oxygens (including phenoxy) is 4. The van der Waals surface area contributed by atoms with Crippen molar-refractivity contribution >= 4 is 55.6 Å². The van der Waals surface area contributed by atoms with E-state index in [1.165, 1.54) is 50.8 Å². The van der Waals surface area contributed by atoms with Gasteiger partial charge < -0.3 is 18.9 Å². The number of amides is 1. The number of non-ortho nitro benzene ring substituents is 1. The van der Waals surface area contributed by atoms with Gasteiger partial charge in [-0.2, -0.15) is 5.10 Å². The number of carbonyl (C=O) groups is 2. The zero-order chi connectivity index (χ0) is 26.9. The molecule has 0 unspecified atom stereocenters. The van der Waals surface area contributed by atoms with E-state index >= 15 is 0 Å². The highest BCUT2D eigenvalue weighted by atomic mass is 79.9. The monoisotopic (exact) mass is 635 g/mol. The van der Waals surface area contributed by atoms with Crippen LogP contribution in [0.15, 0.2) is 68.6 Å². The summed E-state index contributed by atoms with van der Waals surface area (Å²) >= 11 is 6.71. The molecule has 1 amide bonds. The summed E-state index contributed by atoms with van der Waals surface area (Å²) in [5, 5.41) is 14.7. The molecule has 0 aliphatic carbocycles. The molecule has 1 N–H and O–H groups in total. The molecule has 13 heteroatoms. The summed E-state index contributed by atoms with van der Waals surface area (Å²) in [5.74, 6) is -0.0346. The van der Waals surface area contributed by atoms with Gasteiger partial charge in [-0.3, -0.25) is 14.9 Å². The maximum Gasteiger partial charge on any atom is 0.343 e. The summed E-state index contributed by atoms with van der Waals surface area (Å²) in [6.07, 6.45) is 1.37. The quantitative estimate of drug-likeness (QED) is 0.109. The van der Waals surface area contributed by atoms with E-state index in [2.05, 4.69) is 42.4 Å². The van der Waals surface area contributed by atoms with Crippen molar-refractivity contribution in [1.29, 1.82) is 0 Å². The van der Waals surface area contributed by atoms with Gasteiger partial charge >= 0.3 is 5.97 Å². The number of hydrogen-bond acceptors (Lipinski definition) is 9. The molecule has 192 valence electrons. The molecular formula is C24H19Br2N3O8. The van der Waals surface area contributed by atoms with Gasteiger partial charge in [0.05, 0.1) is 35.4 Å². The lowest BCUT2D eigenvalue weighted by Crippen LogP contribution is -2.24. The second kappa shape index (κ2) is 12.8. The number of methoxy groups -OCH3 is 2. The summed E-state index contributed by atoms with van der Waals surface area (Å²) in [5.41, 5.74) is 2.89. The van der Waals surface area contributed by atoms with Crippen molar-refractivity contribution in [2.45, 2.75) is 0 Å². The average Bonchev–Trinajstić information content (AvgIpc) is 2.88. The van der Waals surface area contributed by atoms with Gasteiger partial charge in [-0.1, -0.05) is 15.9 Å². The Morgan fingerprint density at radius 1 is 1.00 bits per heavy atom. The molecule has 0 aliphatic heterocycles. The molecule has 0 bridgehead atoms. The first-order chi connectivity index (χ1) is 17.7. The Morgan fingerprint density at radius 3 is 2.35 bits per heavy atom. The van der Waals surface area contributed by atoms with Gasteiger partial charge in [0.2, 0.25) is 0 Å². The van der Waals surface area contributed by atoms with Crippen LogP contribution in [0.25, 0.3) is 0 Å². The zero-order valence-electron chi connectivity index (χ0n) is 19.4. The van der Waals surface area contributed by atoms with Gasteiger partial charge in [0, 0.05) is 16.6 Å². The number of nitro groups is 1. The van der Waals surface area contributed by atoms with Gasteiger partial charge in [-0.05, 0) is 64.0 Å². The molecule has 0 atom stereocenters. The summed E-state index contributed by atoms with van der Waals surface area (Å²) in [4.78, 5) is 34.7. The van der Waals surface area contributed by atoms with Crippen molar-refractivity contribution in [3.8, 4) is 23.0 Å². The second-order valence-electron chi connectivity index (χ2n) is 7.10. The van der Waals surface area contributed by atoms with Gasteiger partial charge in [-0.25, -0.2) is 10.2 Å². The molecular weight excluding hydrogens is 618 g/mol. The average molecular weight is 637 g/mol. The lowest BCUT2D eigenvalue weighted by atomic mass is 10.2. The van der Waals surface area contributed by atoms with E-state index in [0.29, 0.717) is 21.5 Å². The Bertz CT molecular complexity index is 1350. The Labute approximate surface area is 227 Å². The number of benzene rings is 3. The van der Waals surface area contributed by atoms with Crippen molar-refractivity contribution in [3.63, 3.8) is 0 Å². The number of esters is 1. The van der Waals surface area contributed by atoms with E-state index in [-0.39, 0.29) is 29.4 Å². The molecule has 0 fully saturated rings. The molecule has 0 aliphatic rings. The third-order valence-corrected chi connectivity index (χ3v) is 5.70. The first-order valence-electron chi connectivity index (χ1n) is 10.3. The SMILES string of the molecule is COc1cc(/C=N\NC(=O)COc2c(Br)cc(Br)cc2OC)ccc1OC(=O)c1ccc([N+](=O)[O-])cc1.